The summed E-state index contributed by atoms with van der Waals surface area (Å²) in [6, 6.07) is 0. The average Bonchev–Trinajstić information content (AvgIpc) is 2.71. The highest BCUT2D eigenvalue weighted by atomic mass is 16.2. The van der Waals surface area contributed by atoms with E-state index < -0.39 is 0 Å². The Morgan fingerprint density at radius 3 is 2.76 bits per heavy atom. The maximum absolute atomic E-state index is 12.2. The van der Waals surface area contributed by atoms with Gasteiger partial charge in [0.25, 0.3) is 0 Å². The summed E-state index contributed by atoms with van der Waals surface area (Å²) in [6.45, 7) is 12.6. The first kappa shape index (κ1) is 12.6. The van der Waals surface area contributed by atoms with E-state index in [1.54, 1.807) is 0 Å². The molecule has 2 rings (SSSR count). The largest absolute Gasteiger partial charge is 0.330 e. The van der Waals surface area contributed by atoms with Crippen molar-refractivity contribution in [3.63, 3.8) is 0 Å². The van der Waals surface area contributed by atoms with Gasteiger partial charge < -0.3 is 5.32 Å². The summed E-state index contributed by atoms with van der Waals surface area (Å²) < 4.78 is 0. The minimum Gasteiger partial charge on any atom is -0.330 e. The molecular weight excluding hydrogens is 212 g/mol. The summed E-state index contributed by atoms with van der Waals surface area (Å²) in [7, 11) is 0. The van der Waals surface area contributed by atoms with Gasteiger partial charge in [0.05, 0.1) is 5.41 Å². The molecule has 0 aromatic carbocycles. The number of rotatable bonds is 2. The van der Waals surface area contributed by atoms with E-state index in [2.05, 4.69) is 37.6 Å². The fourth-order valence-electron chi connectivity index (χ4n) is 2.86. The van der Waals surface area contributed by atoms with Crippen LogP contribution in [0, 0.1) is 5.41 Å². The number of hydrogen-bond acceptors (Lipinski definition) is 2. The summed E-state index contributed by atoms with van der Waals surface area (Å²) in [5, 5.41) is 2.94. The predicted molar refractivity (Wildman–Crippen MR) is 69.5 cm³/mol. The minimum atomic E-state index is -0.145. The normalized spacial score (nSPS) is 31.0. The van der Waals surface area contributed by atoms with E-state index in [0.29, 0.717) is 0 Å². The Balaban J connectivity index is 2.11. The van der Waals surface area contributed by atoms with E-state index in [9.17, 15) is 4.79 Å². The highest BCUT2D eigenvalue weighted by Crippen LogP contribution is 2.41. The van der Waals surface area contributed by atoms with Crippen molar-refractivity contribution in [2.45, 2.75) is 52.0 Å². The first-order valence-corrected chi connectivity index (χ1v) is 6.64. The van der Waals surface area contributed by atoms with Crippen LogP contribution in [0.25, 0.3) is 0 Å². The van der Waals surface area contributed by atoms with Crippen LogP contribution in [0.5, 0.6) is 0 Å². The smallest absolute Gasteiger partial charge is 0.231 e. The van der Waals surface area contributed by atoms with Gasteiger partial charge >= 0.3 is 0 Å². The second-order valence-electron chi connectivity index (χ2n) is 6.18. The quantitative estimate of drug-likeness (QED) is 0.798. The lowest BCUT2D eigenvalue weighted by molar-refractivity contribution is -0.131. The Morgan fingerprint density at radius 1 is 1.47 bits per heavy atom. The van der Waals surface area contributed by atoms with Crippen molar-refractivity contribution >= 4 is 5.91 Å². The molecule has 0 radical (unpaired) electrons. The number of hydrogen-bond donors (Lipinski definition) is 1. The van der Waals surface area contributed by atoms with Crippen molar-refractivity contribution in [2.75, 3.05) is 13.1 Å². The summed E-state index contributed by atoms with van der Waals surface area (Å²) in [5.74, 6) is 0.197. The molecule has 96 valence electrons. The van der Waals surface area contributed by atoms with E-state index >= 15 is 0 Å². The first-order chi connectivity index (χ1) is 7.89. The molecule has 2 saturated heterocycles. The number of amides is 1. The van der Waals surface area contributed by atoms with Crippen molar-refractivity contribution in [3.05, 3.63) is 12.3 Å². The van der Waals surface area contributed by atoms with Gasteiger partial charge in [-0.3, -0.25) is 9.69 Å². The Labute approximate surface area is 104 Å². The van der Waals surface area contributed by atoms with E-state index in [-0.39, 0.29) is 16.9 Å². The summed E-state index contributed by atoms with van der Waals surface area (Å²) >= 11 is 0. The highest BCUT2D eigenvalue weighted by molar-refractivity contribution is 5.85. The topological polar surface area (TPSA) is 32.3 Å². The molecule has 0 aliphatic carbocycles. The molecule has 1 amide bonds. The fraction of sp³-hybridized carbons (Fsp3) is 0.786. The molecule has 0 aromatic rings. The number of piperidine rings is 1. The molecule has 1 unspecified atom stereocenters. The predicted octanol–water partition coefficient (Wildman–Crippen LogP) is 2.29. The van der Waals surface area contributed by atoms with Gasteiger partial charge in [0, 0.05) is 17.8 Å². The molecule has 0 aromatic heterocycles. The SMILES string of the molecule is C=C1CCC2(CCN(C(C)(C)CC)C2)C(=O)N1. The lowest BCUT2D eigenvalue weighted by Crippen LogP contribution is -2.49. The zero-order valence-corrected chi connectivity index (χ0v) is 11.3. The van der Waals surface area contributed by atoms with Crippen LogP contribution in [-0.4, -0.2) is 29.4 Å². The van der Waals surface area contributed by atoms with E-state index in [1.807, 2.05) is 0 Å². The maximum atomic E-state index is 12.2. The van der Waals surface area contributed by atoms with Crippen LogP contribution in [0.15, 0.2) is 12.3 Å². The van der Waals surface area contributed by atoms with Crippen molar-refractivity contribution in [1.29, 1.82) is 0 Å². The number of likely N-dealkylation sites (tertiary alicyclic amines) is 1. The molecule has 1 spiro atoms. The van der Waals surface area contributed by atoms with Gasteiger partial charge in [0.2, 0.25) is 5.91 Å². The molecule has 2 aliphatic heterocycles. The Morgan fingerprint density at radius 2 is 2.18 bits per heavy atom. The van der Waals surface area contributed by atoms with Gasteiger partial charge in [-0.05, 0) is 46.1 Å². The van der Waals surface area contributed by atoms with Gasteiger partial charge in [-0.2, -0.15) is 0 Å². The Hall–Kier alpha value is -0.830. The van der Waals surface area contributed by atoms with Crippen molar-refractivity contribution in [3.8, 4) is 0 Å². The van der Waals surface area contributed by atoms with Crippen LogP contribution in [0.1, 0.15) is 46.5 Å². The molecule has 17 heavy (non-hydrogen) atoms. The van der Waals surface area contributed by atoms with Gasteiger partial charge in [-0.1, -0.05) is 13.5 Å². The van der Waals surface area contributed by atoms with Crippen LogP contribution < -0.4 is 5.32 Å². The lowest BCUT2D eigenvalue weighted by Gasteiger charge is -2.38. The van der Waals surface area contributed by atoms with E-state index in [0.717, 1.165) is 44.5 Å². The van der Waals surface area contributed by atoms with Gasteiger partial charge in [0.1, 0.15) is 0 Å². The zero-order chi connectivity index (χ0) is 12.7. The zero-order valence-electron chi connectivity index (χ0n) is 11.3. The summed E-state index contributed by atoms with van der Waals surface area (Å²) in [5.41, 5.74) is 0.945. The number of allylic oxidation sites excluding steroid dienone is 1. The second kappa shape index (κ2) is 4.13. The van der Waals surface area contributed by atoms with Crippen LogP contribution in [0.2, 0.25) is 0 Å². The number of carbonyl (C=O) groups excluding carboxylic acids is 1. The third-order valence-electron chi connectivity index (χ3n) is 4.75. The molecule has 0 bridgehead atoms. The molecule has 3 heteroatoms. The van der Waals surface area contributed by atoms with Crippen LogP contribution in [0.3, 0.4) is 0 Å². The van der Waals surface area contributed by atoms with Crippen LogP contribution in [-0.2, 0) is 4.79 Å². The lowest BCUT2D eigenvalue weighted by atomic mass is 9.78. The third kappa shape index (κ3) is 2.13. The van der Waals surface area contributed by atoms with Crippen LogP contribution in [0.4, 0.5) is 0 Å². The molecule has 0 saturated carbocycles. The number of nitrogens with zero attached hydrogens (tertiary/aromatic N) is 1. The molecule has 2 aliphatic rings. The minimum absolute atomic E-state index is 0.145. The first-order valence-electron chi connectivity index (χ1n) is 6.64. The molecule has 2 fully saturated rings. The summed E-state index contributed by atoms with van der Waals surface area (Å²) in [6.07, 6.45) is 4.02. The maximum Gasteiger partial charge on any atom is 0.231 e. The van der Waals surface area contributed by atoms with Crippen LogP contribution >= 0.6 is 0 Å². The molecule has 3 nitrogen and oxygen atoms in total. The molecule has 1 N–H and O–H groups in total. The molecular formula is C14H24N2O. The second-order valence-corrected chi connectivity index (χ2v) is 6.18. The third-order valence-corrected chi connectivity index (χ3v) is 4.75. The average molecular weight is 236 g/mol. The monoisotopic (exact) mass is 236 g/mol. The van der Waals surface area contributed by atoms with E-state index in [4.69, 9.17) is 0 Å². The fourth-order valence-corrected chi connectivity index (χ4v) is 2.86. The Bertz CT molecular complexity index is 348. The molecule has 1 atom stereocenters. The number of nitrogens with one attached hydrogen (secondary N) is 1. The van der Waals surface area contributed by atoms with Gasteiger partial charge in [-0.25, -0.2) is 0 Å². The van der Waals surface area contributed by atoms with Gasteiger partial charge in [-0.15, -0.1) is 0 Å². The standard InChI is InChI=1S/C14H24N2O/c1-5-13(3,4)16-9-8-14(10-16)7-6-11(2)15-12(14)17/h2,5-10H2,1,3-4H3,(H,15,17). The molecule has 2 heterocycles. The Kier molecular flexibility index (Phi) is 3.06. The van der Waals surface area contributed by atoms with Gasteiger partial charge in [0.15, 0.2) is 0 Å². The van der Waals surface area contributed by atoms with E-state index in [1.165, 1.54) is 0 Å². The summed E-state index contributed by atoms with van der Waals surface area (Å²) in [4.78, 5) is 14.7. The van der Waals surface area contributed by atoms with Crippen molar-refractivity contribution in [2.24, 2.45) is 5.41 Å². The number of carbonyl (C=O) groups is 1. The highest BCUT2D eigenvalue weighted by Gasteiger charge is 2.48. The van der Waals surface area contributed by atoms with Crippen molar-refractivity contribution < 1.29 is 4.79 Å². The van der Waals surface area contributed by atoms with Crippen molar-refractivity contribution in [1.82, 2.24) is 10.2 Å².